The Morgan fingerprint density at radius 1 is 1.20 bits per heavy atom. The average Bonchev–Trinajstić information content (AvgIpc) is 2.37. The molecule has 1 nitrogen and oxygen atoms in total. The van der Waals surface area contributed by atoms with Gasteiger partial charge in [-0.05, 0) is 40.2 Å². The van der Waals surface area contributed by atoms with Gasteiger partial charge in [0.05, 0.1) is 17.0 Å². The Morgan fingerprint density at radius 3 is 2.35 bits per heavy atom. The normalized spacial score (nSPS) is 12.3. The lowest BCUT2D eigenvalue weighted by atomic mass is 10.0. The van der Waals surface area contributed by atoms with E-state index in [9.17, 15) is 8.78 Å². The lowest BCUT2D eigenvalue weighted by Crippen LogP contribution is -2.03. The van der Waals surface area contributed by atoms with Crippen molar-refractivity contribution in [2.45, 2.75) is 5.38 Å². The number of rotatable bonds is 3. The molecule has 106 valence electrons. The molecule has 0 radical (unpaired) electrons. The number of ether oxygens (including phenoxy) is 1. The topological polar surface area (TPSA) is 9.23 Å². The van der Waals surface area contributed by atoms with E-state index in [4.69, 9.17) is 27.9 Å². The third-order valence-corrected chi connectivity index (χ3v) is 4.03. The molecule has 0 saturated heterocycles. The van der Waals surface area contributed by atoms with E-state index in [1.165, 1.54) is 19.2 Å². The van der Waals surface area contributed by atoms with E-state index >= 15 is 0 Å². The second-order valence-corrected chi connectivity index (χ2v) is 5.74. The third kappa shape index (κ3) is 2.92. The van der Waals surface area contributed by atoms with Crippen molar-refractivity contribution in [1.82, 2.24) is 0 Å². The average molecular weight is 382 g/mol. The quantitative estimate of drug-likeness (QED) is 0.618. The van der Waals surface area contributed by atoms with Gasteiger partial charge < -0.3 is 4.74 Å². The van der Waals surface area contributed by atoms with Gasteiger partial charge in [-0.15, -0.1) is 11.6 Å². The molecular formula is C14H9BrCl2F2O. The van der Waals surface area contributed by atoms with Gasteiger partial charge in [-0.25, -0.2) is 8.78 Å². The molecular weight excluding hydrogens is 373 g/mol. The molecule has 0 aliphatic heterocycles. The van der Waals surface area contributed by atoms with E-state index in [2.05, 4.69) is 15.9 Å². The van der Waals surface area contributed by atoms with Crippen molar-refractivity contribution in [2.24, 2.45) is 0 Å². The van der Waals surface area contributed by atoms with Crippen molar-refractivity contribution in [3.63, 3.8) is 0 Å². The fourth-order valence-electron chi connectivity index (χ4n) is 1.89. The molecule has 0 amide bonds. The molecule has 2 aromatic carbocycles. The summed E-state index contributed by atoms with van der Waals surface area (Å²) in [5.74, 6) is -1.05. The SMILES string of the molecule is COc1c(Br)cc(Cl)cc1C(Cl)c1c(F)cccc1F. The summed E-state index contributed by atoms with van der Waals surface area (Å²) < 4.78 is 33.4. The van der Waals surface area contributed by atoms with Crippen LogP contribution in [0.25, 0.3) is 0 Å². The molecule has 0 N–H and O–H groups in total. The zero-order valence-corrected chi connectivity index (χ0v) is 13.4. The second-order valence-electron chi connectivity index (χ2n) is 4.01. The van der Waals surface area contributed by atoms with Crippen LogP contribution < -0.4 is 4.74 Å². The lowest BCUT2D eigenvalue weighted by molar-refractivity contribution is 0.407. The zero-order chi connectivity index (χ0) is 14.9. The third-order valence-electron chi connectivity index (χ3n) is 2.77. The molecule has 0 aliphatic rings. The monoisotopic (exact) mass is 380 g/mol. The van der Waals surface area contributed by atoms with Gasteiger partial charge in [-0.1, -0.05) is 17.7 Å². The first-order chi connectivity index (χ1) is 9.45. The molecule has 1 atom stereocenters. The van der Waals surface area contributed by atoms with Gasteiger partial charge in [0, 0.05) is 16.1 Å². The molecule has 0 spiro atoms. The molecule has 0 heterocycles. The zero-order valence-electron chi connectivity index (χ0n) is 10.3. The molecule has 2 aromatic rings. The van der Waals surface area contributed by atoms with Gasteiger partial charge in [-0.2, -0.15) is 0 Å². The molecule has 6 heteroatoms. The Morgan fingerprint density at radius 2 is 1.80 bits per heavy atom. The van der Waals surface area contributed by atoms with E-state index in [-0.39, 0.29) is 5.56 Å². The van der Waals surface area contributed by atoms with Crippen LogP contribution in [-0.2, 0) is 0 Å². The van der Waals surface area contributed by atoms with Crippen LogP contribution in [0, 0.1) is 11.6 Å². The first-order valence-corrected chi connectivity index (χ1v) is 7.17. The van der Waals surface area contributed by atoms with Gasteiger partial charge in [0.1, 0.15) is 17.4 Å². The summed E-state index contributed by atoms with van der Waals surface area (Å²) in [6.07, 6.45) is 0. The van der Waals surface area contributed by atoms with Crippen molar-refractivity contribution in [1.29, 1.82) is 0 Å². The number of hydrogen-bond acceptors (Lipinski definition) is 1. The fraction of sp³-hybridized carbons (Fsp3) is 0.143. The summed E-state index contributed by atoms with van der Waals surface area (Å²) in [5, 5.41) is -0.670. The van der Waals surface area contributed by atoms with Crippen molar-refractivity contribution in [3.05, 3.63) is 62.6 Å². The lowest BCUT2D eigenvalue weighted by Gasteiger charge is -2.17. The highest BCUT2D eigenvalue weighted by Crippen LogP contribution is 2.42. The van der Waals surface area contributed by atoms with Crippen LogP contribution in [0.3, 0.4) is 0 Å². The van der Waals surface area contributed by atoms with Crippen LogP contribution in [0.4, 0.5) is 8.78 Å². The Labute approximate surface area is 133 Å². The highest BCUT2D eigenvalue weighted by Gasteiger charge is 2.24. The molecule has 0 saturated carbocycles. The Hall–Kier alpha value is -0.840. The molecule has 20 heavy (non-hydrogen) atoms. The van der Waals surface area contributed by atoms with Crippen LogP contribution in [0.1, 0.15) is 16.5 Å². The maximum absolute atomic E-state index is 13.8. The number of hydrogen-bond donors (Lipinski definition) is 0. The molecule has 0 aromatic heterocycles. The van der Waals surface area contributed by atoms with E-state index in [0.29, 0.717) is 20.8 Å². The Bertz CT molecular complexity index is 629. The first-order valence-electron chi connectivity index (χ1n) is 5.56. The van der Waals surface area contributed by atoms with Gasteiger partial charge >= 0.3 is 0 Å². The Kier molecular flexibility index (Phi) is 4.89. The molecule has 0 fully saturated rings. The molecule has 2 rings (SSSR count). The van der Waals surface area contributed by atoms with Crippen LogP contribution in [-0.4, -0.2) is 7.11 Å². The fourth-order valence-corrected chi connectivity index (χ4v) is 3.26. The summed E-state index contributed by atoms with van der Waals surface area (Å²) in [5.41, 5.74) is 0.152. The van der Waals surface area contributed by atoms with Gasteiger partial charge in [-0.3, -0.25) is 0 Å². The maximum atomic E-state index is 13.8. The summed E-state index contributed by atoms with van der Waals surface area (Å²) in [6.45, 7) is 0. The van der Waals surface area contributed by atoms with E-state index < -0.39 is 17.0 Å². The largest absolute Gasteiger partial charge is 0.495 e. The van der Waals surface area contributed by atoms with Crippen LogP contribution in [0.2, 0.25) is 5.02 Å². The van der Waals surface area contributed by atoms with Crippen LogP contribution in [0.5, 0.6) is 5.75 Å². The van der Waals surface area contributed by atoms with Gasteiger partial charge in [0.15, 0.2) is 0 Å². The number of halogens is 5. The highest BCUT2D eigenvalue weighted by molar-refractivity contribution is 9.10. The standard InChI is InChI=1S/C14H9BrCl2F2O/c1-20-14-8(5-7(16)6-9(14)15)13(17)12-10(18)3-2-4-11(12)19/h2-6,13H,1H3. The molecule has 1 unspecified atom stereocenters. The Balaban J connectivity index is 2.62. The van der Waals surface area contributed by atoms with Crippen molar-refractivity contribution < 1.29 is 13.5 Å². The van der Waals surface area contributed by atoms with Crippen molar-refractivity contribution >= 4 is 39.1 Å². The second kappa shape index (κ2) is 6.29. The first kappa shape index (κ1) is 15.5. The number of alkyl halides is 1. The van der Waals surface area contributed by atoms with E-state index in [1.807, 2.05) is 0 Å². The minimum absolute atomic E-state index is 0.235. The van der Waals surface area contributed by atoms with Crippen LogP contribution in [0.15, 0.2) is 34.8 Å². The summed E-state index contributed by atoms with van der Waals surface area (Å²) in [4.78, 5) is 0. The van der Waals surface area contributed by atoms with E-state index in [0.717, 1.165) is 12.1 Å². The van der Waals surface area contributed by atoms with Crippen molar-refractivity contribution in [3.8, 4) is 5.75 Å². The minimum atomic E-state index is -1.05. The van der Waals surface area contributed by atoms with E-state index in [1.54, 1.807) is 6.07 Å². The maximum Gasteiger partial charge on any atom is 0.138 e. The molecule has 0 bridgehead atoms. The molecule has 0 aliphatic carbocycles. The predicted molar refractivity (Wildman–Crippen MR) is 79.8 cm³/mol. The van der Waals surface area contributed by atoms with Crippen molar-refractivity contribution in [2.75, 3.05) is 7.11 Å². The summed E-state index contributed by atoms with van der Waals surface area (Å²) in [7, 11) is 1.44. The predicted octanol–water partition coefficient (Wildman–Crippen LogP) is 5.72. The minimum Gasteiger partial charge on any atom is -0.495 e. The summed E-state index contributed by atoms with van der Waals surface area (Å²) in [6, 6.07) is 6.72. The van der Waals surface area contributed by atoms with Gasteiger partial charge in [0.25, 0.3) is 0 Å². The highest BCUT2D eigenvalue weighted by atomic mass is 79.9. The van der Waals surface area contributed by atoms with Gasteiger partial charge in [0.2, 0.25) is 0 Å². The smallest absolute Gasteiger partial charge is 0.138 e. The van der Waals surface area contributed by atoms with Crippen LogP contribution >= 0.6 is 39.1 Å². The summed E-state index contributed by atoms with van der Waals surface area (Å²) >= 11 is 15.5. The number of benzene rings is 2. The number of methoxy groups -OCH3 is 1.